The van der Waals surface area contributed by atoms with Crippen molar-refractivity contribution in [3.63, 3.8) is 0 Å². The number of nitrogens with two attached hydrogens (primary N) is 1. The number of carbonyl (C=O) groups is 1. The molecular formula is C14H15ClN2O2. The molecule has 1 aliphatic carbocycles. The molecule has 0 unspecified atom stereocenters. The second-order valence-electron chi connectivity index (χ2n) is 4.91. The number of benzene rings is 1. The fourth-order valence-electron chi connectivity index (χ4n) is 2.91. The number of carbonyl (C=O) groups excluding carboxylic acids is 1. The summed E-state index contributed by atoms with van der Waals surface area (Å²) in [5, 5.41) is 0.568. The van der Waals surface area contributed by atoms with Crippen LogP contribution in [0.2, 0.25) is 5.02 Å². The highest BCUT2D eigenvalue weighted by Gasteiger charge is 2.51. The van der Waals surface area contributed by atoms with Gasteiger partial charge in [-0.1, -0.05) is 29.8 Å². The van der Waals surface area contributed by atoms with Crippen LogP contribution in [0.1, 0.15) is 24.8 Å². The first-order valence-corrected chi connectivity index (χ1v) is 6.80. The highest BCUT2D eigenvalue weighted by atomic mass is 35.5. The Hall–Kier alpha value is -1.39. The molecule has 0 radical (unpaired) electrons. The minimum atomic E-state index is -0.895. The van der Waals surface area contributed by atoms with E-state index in [4.69, 9.17) is 22.1 Å². The van der Waals surface area contributed by atoms with Gasteiger partial charge in [-0.2, -0.15) is 0 Å². The maximum absolute atomic E-state index is 12.6. The van der Waals surface area contributed by atoms with E-state index in [1.54, 1.807) is 6.07 Å². The standard InChI is InChI=1S/C14H15ClN2O2/c15-10-5-2-1-4-9(10)14-7-3-6-11(13(14)18)19-12(8-16)17-14/h1-2,4-5,11H,3,6-8,16H2/t11-,14-/m0/s1. The molecule has 1 fully saturated rings. The molecule has 4 nitrogen and oxygen atoms in total. The van der Waals surface area contributed by atoms with Crippen LogP contribution < -0.4 is 5.73 Å². The summed E-state index contributed by atoms with van der Waals surface area (Å²) in [5.41, 5.74) is 5.50. The van der Waals surface area contributed by atoms with E-state index in [1.165, 1.54) is 0 Å². The summed E-state index contributed by atoms with van der Waals surface area (Å²) < 4.78 is 5.54. The van der Waals surface area contributed by atoms with Gasteiger partial charge in [-0.3, -0.25) is 4.79 Å². The van der Waals surface area contributed by atoms with E-state index in [0.717, 1.165) is 18.4 Å². The second-order valence-corrected chi connectivity index (χ2v) is 5.32. The van der Waals surface area contributed by atoms with E-state index in [0.29, 0.717) is 17.3 Å². The van der Waals surface area contributed by atoms with Gasteiger partial charge in [-0.15, -0.1) is 0 Å². The zero-order valence-corrected chi connectivity index (χ0v) is 11.2. The largest absolute Gasteiger partial charge is 0.469 e. The quantitative estimate of drug-likeness (QED) is 0.900. The van der Waals surface area contributed by atoms with Crippen LogP contribution in [0.5, 0.6) is 0 Å². The van der Waals surface area contributed by atoms with Gasteiger partial charge in [0.1, 0.15) is 0 Å². The van der Waals surface area contributed by atoms with Gasteiger partial charge in [0.25, 0.3) is 0 Å². The lowest BCUT2D eigenvalue weighted by atomic mass is 9.74. The summed E-state index contributed by atoms with van der Waals surface area (Å²) in [7, 11) is 0. The van der Waals surface area contributed by atoms with Crippen LogP contribution in [0.4, 0.5) is 0 Å². The Morgan fingerprint density at radius 1 is 1.47 bits per heavy atom. The van der Waals surface area contributed by atoms with Crippen LogP contribution in [0.3, 0.4) is 0 Å². The molecule has 0 amide bonds. The zero-order chi connectivity index (χ0) is 13.5. The molecule has 19 heavy (non-hydrogen) atoms. The number of hydrogen-bond donors (Lipinski definition) is 1. The van der Waals surface area contributed by atoms with Crippen molar-refractivity contribution >= 4 is 23.3 Å². The number of rotatable bonds is 2. The summed E-state index contributed by atoms with van der Waals surface area (Å²) in [5.74, 6) is 0.452. The van der Waals surface area contributed by atoms with Crippen LogP contribution in [0.25, 0.3) is 0 Å². The summed E-state index contributed by atoms with van der Waals surface area (Å²) in [6.07, 6.45) is 1.85. The van der Waals surface area contributed by atoms with E-state index in [1.807, 2.05) is 18.2 Å². The first-order chi connectivity index (χ1) is 9.17. The van der Waals surface area contributed by atoms with Crippen molar-refractivity contribution in [3.8, 4) is 0 Å². The van der Waals surface area contributed by atoms with E-state index in [2.05, 4.69) is 4.99 Å². The lowest BCUT2D eigenvalue weighted by molar-refractivity contribution is -0.137. The molecule has 0 aromatic heterocycles. The number of ketones is 1. The zero-order valence-electron chi connectivity index (χ0n) is 10.4. The van der Waals surface area contributed by atoms with Crippen LogP contribution in [-0.2, 0) is 15.1 Å². The van der Waals surface area contributed by atoms with Gasteiger partial charge in [0.15, 0.2) is 17.5 Å². The van der Waals surface area contributed by atoms with Crippen LogP contribution >= 0.6 is 11.6 Å². The van der Waals surface area contributed by atoms with Crippen LogP contribution in [0, 0.1) is 0 Å². The minimum absolute atomic E-state index is 0.00375. The van der Waals surface area contributed by atoms with Crippen LogP contribution in [0.15, 0.2) is 29.3 Å². The van der Waals surface area contributed by atoms with Crippen molar-refractivity contribution in [2.75, 3.05) is 6.54 Å². The number of nitrogens with zero attached hydrogens (tertiary/aromatic N) is 1. The number of ether oxygens (including phenoxy) is 1. The number of aliphatic imine (C=N–C) groups is 1. The van der Waals surface area contributed by atoms with Gasteiger partial charge >= 0.3 is 0 Å². The lowest BCUT2D eigenvalue weighted by Crippen LogP contribution is -2.52. The Morgan fingerprint density at radius 3 is 3.00 bits per heavy atom. The molecule has 1 aromatic rings. The number of hydrogen-bond acceptors (Lipinski definition) is 4. The molecule has 1 saturated carbocycles. The highest BCUT2D eigenvalue weighted by molar-refractivity contribution is 6.32. The first kappa shape index (κ1) is 12.6. The molecule has 100 valence electrons. The molecule has 3 rings (SSSR count). The molecule has 0 spiro atoms. The van der Waals surface area contributed by atoms with Gasteiger partial charge < -0.3 is 10.5 Å². The molecule has 1 heterocycles. The molecule has 1 aliphatic heterocycles. The average molecular weight is 279 g/mol. The Labute approximate surface area is 116 Å². The Kier molecular flexibility index (Phi) is 3.07. The maximum Gasteiger partial charge on any atom is 0.205 e. The average Bonchev–Trinajstić information content (AvgIpc) is 2.40. The predicted molar refractivity (Wildman–Crippen MR) is 73.4 cm³/mol. The normalized spacial score (nSPS) is 29.7. The maximum atomic E-state index is 12.6. The third-order valence-electron chi connectivity index (χ3n) is 3.79. The van der Waals surface area contributed by atoms with E-state index in [-0.39, 0.29) is 12.3 Å². The molecule has 2 bridgehead atoms. The molecule has 2 aliphatic rings. The Bertz CT molecular complexity index is 558. The highest BCUT2D eigenvalue weighted by Crippen LogP contribution is 2.44. The van der Waals surface area contributed by atoms with Gasteiger partial charge in [0, 0.05) is 10.6 Å². The molecule has 1 aromatic carbocycles. The Balaban J connectivity index is 2.18. The van der Waals surface area contributed by atoms with Crippen molar-refractivity contribution in [1.29, 1.82) is 0 Å². The first-order valence-electron chi connectivity index (χ1n) is 6.42. The van der Waals surface area contributed by atoms with Crippen LogP contribution in [-0.4, -0.2) is 24.3 Å². The minimum Gasteiger partial charge on any atom is -0.469 e. The third-order valence-corrected chi connectivity index (χ3v) is 4.12. The van der Waals surface area contributed by atoms with Crippen molar-refractivity contribution in [2.24, 2.45) is 10.7 Å². The van der Waals surface area contributed by atoms with E-state index in [9.17, 15) is 4.79 Å². The summed E-state index contributed by atoms with van der Waals surface area (Å²) in [4.78, 5) is 17.1. The van der Waals surface area contributed by atoms with Crippen molar-refractivity contribution < 1.29 is 9.53 Å². The summed E-state index contributed by atoms with van der Waals surface area (Å²) in [6.45, 7) is 0.204. The topological polar surface area (TPSA) is 64.7 Å². The van der Waals surface area contributed by atoms with Gasteiger partial charge in [0.05, 0.1) is 6.54 Å². The summed E-state index contributed by atoms with van der Waals surface area (Å²) >= 11 is 6.26. The molecule has 0 saturated heterocycles. The smallest absolute Gasteiger partial charge is 0.205 e. The second kappa shape index (κ2) is 4.62. The lowest BCUT2D eigenvalue weighted by Gasteiger charge is -2.41. The van der Waals surface area contributed by atoms with E-state index < -0.39 is 11.6 Å². The molecular weight excluding hydrogens is 264 g/mol. The van der Waals surface area contributed by atoms with Gasteiger partial charge in [-0.25, -0.2) is 4.99 Å². The fraction of sp³-hybridized carbons (Fsp3) is 0.429. The molecule has 2 atom stereocenters. The predicted octanol–water partition coefficient (Wildman–Crippen LogP) is 2.04. The fourth-order valence-corrected chi connectivity index (χ4v) is 3.20. The molecule has 2 N–H and O–H groups in total. The van der Waals surface area contributed by atoms with Crippen molar-refractivity contribution in [3.05, 3.63) is 34.9 Å². The number of Topliss-reactive ketones (excluding diaryl/α,β-unsaturated/α-hetero) is 1. The van der Waals surface area contributed by atoms with Gasteiger partial charge in [0.2, 0.25) is 5.78 Å². The van der Waals surface area contributed by atoms with Crippen molar-refractivity contribution in [1.82, 2.24) is 0 Å². The van der Waals surface area contributed by atoms with Gasteiger partial charge in [-0.05, 0) is 25.3 Å². The molecule has 5 heteroatoms. The summed E-state index contributed by atoms with van der Waals surface area (Å²) in [6, 6.07) is 7.38. The van der Waals surface area contributed by atoms with E-state index >= 15 is 0 Å². The van der Waals surface area contributed by atoms with Crippen molar-refractivity contribution in [2.45, 2.75) is 30.9 Å². The third kappa shape index (κ3) is 1.86. The number of fused-ring (bicyclic) bond motifs is 2. The SMILES string of the molecule is NCC1=N[C@]2(c3ccccc3Cl)CCC[C@H](O1)C2=O. The Morgan fingerprint density at radius 2 is 2.26 bits per heavy atom. The monoisotopic (exact) mass is 278 g/mol. The number of halogens is 1.